The van der Waals surface area contributed by atoms with Crippen molar-refractivity contribution in [3.8, 4) is 5.75 Å². The molecule has 1 aromatic heterocycles. The van der Waals surface area contributed by atoms with E-state index in [2.05, 4.69) is 4.98 Å². The Hall–Kier alpha value is -1.94. The first-order valence-electron chi connectivity index (χ1n) is 5.85. The number of hydrogen-bond acceptors (Lipinski definition) is 4. The van der Waals surface area contributed by atoms with Gasteiger partial charge in [-0.3, -0.25) is 0 Å². The van der Waals surface area contributed by atoms with E-state index in [-0.39, 0.29) is 0 Å². The number of pyridine rings is 1. The van der Waals surface area contributed by atoms with Crippen molar-refractivity contribution in [3.63, 3.8) is 0 Å². The number of nitrogens with zero attached hydrogens (tertiary/aromatic N) is 2. The van der Waals surface area contributed by atoms with Crippen LogP contribution in [-0.2, 0) is 6.54 Å². The summed E-state index contributed by atoms with van der Waals surface area (Å²) in [5, 5.41) is 0.552. The number of ether oxygens (including phenoxy) is 1. The van der Waals surface area contributed by atoms with Crippen LogP contribution in [-0.4, -0.2) is 19.1 Å². The molecule has 0 aliphatic carbocycles. The SMILES string of the molecule is COc1ccc(CN(C)c2ncc(N)cc2Cl)cc1. The highest BCUT2D eigenvalue weighted by molar-refractivity contribution is 6.33. The van der Waals surface area contributed by atoms with Crippen LogP contribution in [0.1, 0.15) is 5.56 Å². The van der Waals surface area contributed by atoms with Gasteiger partial charge in [-0.25, -0.2) is 4.98 Å². The van der Waals surface area contributed by atoms with E-state index < -0.39 is 0 Å². The molecule has 0 unspecified atom stereocenters. The summed E-state index contributed by atoms with van der Waals surface area (Å²) in [6.07, 6.45) is 1.60. The molecule has 0 saturated heterocycles. The highest BCUT2D eigenvalue weighted by atomic mass is 35.5. The number of rotatable bonds is 4. The van der Waals surface area contributed by atoms with Gasteiger partial charge in [0.15, 0.2) is 0 Å². The predicted molar refractivity (Wildman–Crippen MR) is 78.8 cm³/mol. The Bertz CT molecular complexity index is 557. The second-order valence-electron chi connectivity index (χ2n) is 4.28. The molecule has 0 aliphatic heterocycles. The smallest absolute Gasteiger partial charge is 0.147 e. The standard InChI is InChI=1S/C14H16ClN3O/c1-18(14-13(15)7-11(16)8-17-14)9-10-3-5-12(19-2)6-4-10/h3-8H,9,16H2,1-2H3. The van der Waals surface area contributed by atoms with E-state index in [4.69, 9.17) is 22.1 Å². The quantitative estimate of drug-likeness (QED) is 0.933. The van der Waals surface area contributed by atoms with Crippen molar-refractivity contribution in [1.29, 1.82) is 0 Å². The number of methoxy groups -OCH3 is 1. The number of halogens is 1. The molecule has 0 amide bonds. The Labute approximate surface area is 117 Å². The van der Waals surface area contributed by atoms with Crippen LogP contribution in [0, 0.1) is 0 Å². The minimum Gasteiger partial charge on any atom is -0.497 e. The molecular formula is C14H16ClN3O. The zero-order valence-corrected chi connectivity index (χ0v) is 11.7. The van der Waals surface area contributed by atoms with Crippen molar-refractivity contribution in [1.82, 2.24) is 4.98 Å². The third kappa shape index (κ3) is 3.29. The lowest BCUT2D eigenvalue weighted by Gasteiger charge is -2.19. The third-order valence-corrected chi connectivity index (χ3v) is 3.06. The Morgan fingerprint density at radius 2 is 2.00 bits per heavy atom. The Balaban J connectivity index is 2.13. The third-order valence-electron chi connectivity index (χ3n) is 2.78. The number of aromatic nitrogens is 1. The number of hydrogen-bond donors (Lipinski definition) is 1. The Morgan fingerprint density at radius 1 is 1.32 bits per heavy atom. The van der Waals surface area contributed by atoms with Gasteiger partial charge in [0.1, 0.15) is 11.6 Å². The van der Waals surface area contributed by atoms with E-state index in [1.165, 1.54) is 0 Å². The van der Waals surface area contributed by atoms with Gasteiger partial charge in [0.2, 0.25) is 0 Å². The van der Waals surface area contributed by atoms with Crippen LogP contribution in [0.3, 0.4) is 0 Å². The summed E-state index contributed by atoms with van der Waals surface area (Å²) in [5.74, 6) is 1.56. The molecule has 5 heteroatoms. The van der Waals surface area contributed by atoms with Crippen molar-refractivity contribution in [3.05, 3.63) is 47.1 Å². The molecule has 4 nitrogen and oxygen atoms in total. The normalized spacial score (nSPS) is 10.3. The van der Waals surface area contributed by atoms with Gasteiger partial charge in [0.25, 0.3) is 0 Å². The summed E-state index contributed by atoms with van der Waals surface area (Å²) in [7, 11) is 3.59. The number of nitrogen functional groups attached to an aromatic ring is 1. The minimum absolute atomic E-state index is 0.552. The van der Waals surface area contributed by atoms with Crippen LogP contribution in [0.5, 0.6) is 5.75 Å². The summed E-state index contributed by atoms with van der Waals surface area (Å²) in [6.45, 7) is 0.709. The van der Waals surface area contributed by atoms with Gasteiger partial charge >= 0.3 is 0 Å². The molecule has 0 spiro atoms. The van der Waals surface area contributed by atoms with Gasteiger partial charge < -0.3 is 15.4 Å². The van der Waals surface area contributed by atoms with E-state index in [0.717, 1.165) is 11.3 Å². The van der Waals surface area contributed by atoms with Gasteiger partial charge in [-0.2, -0.15) is 0 Å². The van der Waals surface area contributed by atoms with E-state index in [1.54, 1.807) is 19.4 Å². The first kappa shape index (κ1) is 13.5. The summed E-state index contributed by atoms with van der Waals surface area (Å²) in [6, 6.07) is 9.60. The van der Waals surface area contributed by atoms with Crippen molar-refractivity contribution in [2.45, 2.75) is 6.54 Å². The topological polar surface area (TPSA) is 51.4 Å². The van der Waals surface area contributed by atoms with Crippen molar-refractivity contribution in [2.24, 2.45) is 0 Å². The van der Waals surface area contributed by atoms with Crippen molar-refractivity contribution >= 4 is 23.1 Å². The van der Waals surface area contributed by atoms with Gasteiger partial charge in [0.05, 0.1) is 24.0 Å². The molecule has 1 aromatic carbocycles. The van der Waals surface area contributed by atoms with Crippen LogP contribution >= 0.6 is 11.6 Å². The molecule has 100 valence electrons. The largest absolute Gasteiger partial charge is 0.497 e. The molecule has 2 aromatic rings. The van der Waals surface area contributed by atoms with E-state index >= 15 is 0 Å². The van der Waals surface area contributed by atoms with Crippen LogP contribution in [0.15, 0.2) is 36.5 Å². The summed E-state index contributed by atoms with van der Waals surface area (Å²) < 4.78 is 5.13. The summed E-state index contributed by atoms with van der Waals surface area (Å²) in [4.78, 5) is 6.23. The van der Waals surface area contributed by atoms with Crippen molar-refractivity contribution < 1.29 is 4.74 Å². The van der Waals surface area contributed by atoms with Crippen LogP contribution in [0.4, 0.5) is 11.5 Å². The molecule has 19 heavy (non-hydrogen) atoms. The molecule has 0 fully saturated rings. The number of nitrogens with two attached hydrogens (primary N) is 1. The molecular weight excluding hydrogens is 262 g/mol. The van der Waals surface area contributed by atoms with Gasteiger partial charge in [-0.15, -0.1) is 0 Å². The fourth-order valence-electron chi connectivity index (χ4n) is 1.81. The monoisotopic (exact) mass is 277 g/mol. The molecule has 0 atom stereocenters. The molecule has 0 radical (unpaired) electrons. The average molecular weight is 278 g/mol. The lowest BCUT2D eigenvalue weighted by Crippen LogP contribution is -2.18. The zero-order valence-electron chi connectivity index (χ0n) is 10.9. The summed E-state index contributed by atoms with van der Waals surface area (Å²) in [5.41, 5.74) is 7.35. The average Bonchev–Trinajstić information content (AvgIpc) is 2.39. The number of benzene rings is 1. The minimum atomic E-state index is 0.552. The Kier molecular flexibility index (Phi) is 4.12. The molecule has 0 aliphatic rings. The van der Waals surface area contributed by atoms with Gasteiger partial charge in [-0.1, -0.05) is 23.7 Å². The lowest BCUT2D eigenvalue weighted by atomic mass is 10.2. The maximum absolute atomic E-state index is 6.13. The molecule has 2 N–H and O–H groups in total. The highest BCUT2D eigenvalue weighted by Crippen LogP contribution is 2.25. The molecule has 0 bridgehead atoms. The molecule has 1 heterocycles. The maximum Gasteiger partial charge on any atom is 0.147 e. The number of anilines is 2. The van der Waals surface area contributed by atoms with E-state index in [9.17, 15) is 0 Å². The van der Waals surface area contributed by atoms with Gasteiger partial charge in [-0.05, 0) is 23.8 Å². The van der Waals surface area contributed by atoms with E-state index in [1.807, 2.05) is 36.2 Å². The fourth-order valence-corrected chi connectivity index (χ4v) is 2.13. The van der Waals surface area contributed by atoms with Crippen molar-refractivity contribution in [2.75, 3.05) is 24.8 Å². The van der Waals surface area contributed by atoms with Crippen LogP contribution in [0.25, 0.3) is 0 Å². The zero-order chi connectivity index (χ0) is 13.8. The van der Waals surface area contributed by atoms with Crippen LogP contribution in [0.2, 0.25) is 5.02 Å². The van der Waals surface area contributed by atoms with E-state index in [0.29, 0.717) is 23.1 Å². The first-order valence-corrected chi connectivity index (χ1v) is 6.23. The molecule has 2 rings (SSSR count). The predicted octanol–water partition coefficient (Wildman–Crippen LogP) is 2.96. The lowest BCUT2D eigenvalue weighted by molar-refractivity contribution is 0.414. The summed E-state index contributed by atoms with van der Waals surface area (Å²) >= 11 is 6.13. The van der Waals surface area contributed by atoms with Crippen LogP contribution < -0.4 is 15.4 Å². The highest BCUT2D eigenvalue weighted by Gasteiger charge is 2.08. The van der Waals surface area contributed by atoms with Gasteiger partial charge in [0, 0.05) is 13.6 Å². The maximum atomic E-state index is 6.13. The second-order valence-corrected chi connectivity index (χ2v) is 4.69. The fraction of sp³-hybridized carbons (Fsp3) is 0.214. The second kappa shape index (κ2) is 5.80. The first-order chi connectivity index (χ1) is 9.10. The Morgan fingerprint density at radius 3 is 2.58 bits per heavy atom. The molecule has 0 saturated carbocycles.